The second kappa shape index (κ2) is 17.4. The van der Waals surface area contributed by atoms with Crippen molar-refractivity contribution in [1.82, 2.24) is 0 Å². The minimum atomic E-state index is 0.518. The number of hydrogen-bond acceptors (Lipinski definition) is 8. The Labute approximate surface area is 315 Å². The molecule has 0 spiro atoms. The molecule has 54 heavy (non-hydrogen) atoms. The van der Waals surface area contributed by atoms with Crippen molar-refractivity contribution in [2.75, 3.05) is 0 Å². The average Bonchev–Trinajstić information content (AvgIpc) is 3.22. The molecule has 0 fully saturated rings. The molecular formula is C46H38N6O2. The van der Waals surface area contributed by atoms with E-state index < -0.39 is 0 Å². The first kappa shape index (κ1) is 35.3. The van der Waals surface area contributed by atoms with Crippen LogP contribution in [0, 0.1) is 13.8 Å². The van der Waals surface area contributed by atoms with Crippen molar-refractivity contribution in [2.24, 2.45) is 30.7 Å². The molecule has 0 atom stereocenters. The summed E-state index contributed by atoms with van der Waals surface area (Å²) in [6.07, 6.45) is 0. The van der Waals surface area contributed by atoms with Crippen LogP contribution in [-0.2, 0) is 13.2 Å². The highest BCUT2D eigenvalue weighted by molar-refractivity contribution is 5.73. The largest absolute Gasteiger partial charge is 0.489 e. The van der Waals surface area contributed by atoms with Crippen LogP contribution in [0.5, 0.6) is 11.5 Å². The lowest BCUT2D eigenvalue weighted by atomic mass is 9.96. The van der Waals surface area contributed by atoms with Crippen molar-refractivity contribution < 1.29 is 9.47 Å². The second-order valence-electron chi connectivity index (χ2n) is 12.7. The molecule has 0 heterocycles. The summed E-state index contributed by atoms with van der Waals surface area (Å²) < 4.78 is 11.7. The molecule has 7 rings (SSSR count). The van der Waals surface area contributed by atoms with Gasteiger partial charge in [0.15, 0.2) is 0 Å². The van der Waals surface area contributed by atoms with Gasteiger partial charge in [-0.2, -0.15) is 30.7 Å². The molecule has 0 aliphatic heterocycles. The number of nitrogens with zero attached hydrogens (tertiary/aromatic N) is 6. The first-order chi connectivity index (χ1) is 26.5. The summed E-state index contributed by atoms with van der Waals surface area (Å²) in [5.74, 6) is 1.57. The van der Waals surface area contributed by atoms with Crippen LogP contribution in [0.4, 0.5) is 34.1 Å². The highest BCUT2D eigenvalue weighted by atomic mass is 16.5. The molecule has 264 valence electrons. The Morgan fingerprint density at radius 1 is 0.333 bits per heavy atom. The standard InChI is InChI=1S/C46H38N6O2/c1-33-29-41(51-49-38-15-13-37(14-16-38)47-48-39-17-23-43(24-18-39)53-31-35-9-5-3-6-10-35)21-27-45(33)46-28-22-42(30-34(46)2)52-50-40-19-25-44(26-20-40)54-32-36-11-7-4-8-12-36/h3-30H,31-32H2,1-2H3. The molecule has 0 aromatic heterocycles. The van der Waals surface area contributed by atoms with Gasteiger partial charge < -0.3 is 9.47 Å². The highest BCUT2D eigenvalue weighted by Gasteiger charge is 2.08. The SMILES string of the molecule is Cc1cc(N=Nc2ccc(N=Nc3ccc(OCc4ccccc4)cc3)cc2)ccc1-c1ccc(N=Nc2ccc(OCc3ccccc3)cc2)cc1C. The van der Waals surface area contributed by atoms with Crippen LogP contribution in [-0.4, -0.2) is 0 Å². The van der Waals surface area contributed by atoms with Crippen LogP contribution in [0.3, 0.4) is 0 Å². The van der Waals surface area contributed by atoms with Gasteiger partial charge >= 0.3 is 0 Å². The summed E-state index contributed by atoms with van der Waals surface area (Å²) in [5, 5.41) is 26.5. The molecule has 0 aliphatic carbocycles. The quantitative estimate of drug-likeness (QED) is 0.112. The molecule has 7 aromatic carbocycles. The van der Waals surface area contributed by atoms with E-state index in [-0.39, 0.29) is 0 Å². The van der Waals surface area contributed by atoms with Crippen LogP contribution in [0.25, 0.3) is 11.1 Å². The fraction of sp³-hybridized carbons (Fsp3) is 0.0870. The summed E-state index contributed by atoms with van der Waals surface area (Å²) in [5.41, 5.74) is 11.2. The molecule has 0 bridgehead atoms. The van der Waals surface area contributed by atoms with Gasteiger partial charge in [-0.05, 0) is 144 Å². The van der Waals surface area contributed by atoms with Crippen LogP contribution in [0.1, 0.15) is 22.3 Å². The van der Waals surface area contributed by atoms with Crippen molar-refractivity contribution >= 4 is 34.1 Å². The zero-order chi connectivity index (χ0) is 37.0. The summed E-state index contributed by atoms with van der Waals surface area (Å²) in [7, 11) is 0. The number of azo groups is 3. The Kier molecular flexibility index (Phi) is 11.4. The molecule has 0 aliphatic rings. The third kappa shape index (κ3) is 9.83. The predicted molar refractivity (Wildman–Crippen MR) is 215 cm³/mol. The van der Waals surface area contributed by atoms with E-state index in [9.17, 15) is 0 Å². The second-order valence-corrected chi connectivity index (χ2v) is 12.7. The molecule has 0 saturated carbocycles. The Morgan fingerprint density at radius 2 is 0.630 bits per heavy atom. The molecular weight excluding hydrogens is 669 g/mol. The molecule has 8 heteroatoms. The smallest absolute Gasteiger partial charge is 0.119 e. The van der Waals surface area contributed by atoms with E-state index >= 15 is 0 Å². The zero-order valence-corrected chi connectivity index (χ0v) is 30.1. The monoisotopic (exact) mass is 706 g/mol. The molecule has 0 radical (unpaired) electrons. The maximum Gasteiger partial charge on any atom is 0.119 e. The van der Waals surface area contributed by atoms with Gasteiger partial charge in [0.1, 0.15) is 24.7 Å². The number of hydrogen-bond donors (Lipinski definition) is 0. The molecule has 7 aromatic rings. The molecule has 8 nitrogen and oxygen atoms in total. The Bertz CT molecular complexity index is 2380. The van der Waals surface area contributed by atoms with Crippen molar-refractivity contribution in [2.45, 2.75) is 27.1 Å². The average molecular weight is 707 g/mol. The fourth-order valence-electron chi connectivity index (χ4n) is 5.66. The topological polar surface area (TPSA) is 92.6 Å². The van der Waals surface area contributed by atoms with E-state index in [2.05, 4.69) is 56.7 Å². The van der Waals surface area contributed by atoms with E-state index in [0.717, 1.165) is 79.0 Å². The van der Waals surface area contributed by atoms with Crippen LogP contribution in [0.2, 0.25) is 0 Å². The molecule has 0 amide bonds. The summed E-state index contributed by atoms with van der Waals surface area (Å²) >= 11 is 0. The van der Waals surface area contributed by atoms with E-state index in [1.54, 1.807) is 0 Å². The molecule has 0 N–H and O–H groups in total. The highest BCUT2D eigenvalue weighted by Crippen LogP contribution is 2.33. The predicted octanol–water partition coefficient (Wildman–Crippen LogP) is 14.4. The van der Waals surface area contributed by atoms with Crippen LogP contribution in [0.15, 0.2) is 201 Å². The number of rotatable bonds is 13. The van der Waals surface area contributed by atoms with Crippen LogP contribution >= 0.6 is 0 Å². The lowest BCUT2D eigenvalue weighted by molar-refractivity contribution is 0.306. The normalized spacial score (nSPS) is 11.4. The van der Waals surface area contributed by atoms with Gasteiger partial charge in [0.25, 0.3) is 0 Å². The lowest BCUT2D eigenvalue weighted by Gasteiger charge is -2.10. The first-order valence-corrected chi connectivity index (χ1v) is 17.6. The maximum atomic E-state index is 5.88. The minimum absolute atomic E-state index is 0.518. The van der Waals surface area contributed by atoms with Crippen molar-refractivity contribution in [1.29, 1.82) is 0 Å². The van der Waals surface area contributed by atoms with Gasteiger partial charge in [-0.15, -0.1) is 0 Å². The Balaban J connectivity index is 0.913. The minimum Gasteiger partial charge on any atom is -0.489 e. The van der Waals surface area contributed by atoms with Gasteiger partial charge in [-0.1, -0.05) is 72.8 Å². The van der Waals surface area contributed by atoms with Crippen LogP contribution < -0.4 is 9.47 Å². The number of aryl methyl sites for hydroxylation is 2. The Hall–Kier alpha value is -7.06. The summed E-state index contributed by atoms with van der Waals surface area (Å²) in [4.78, 5) is 0. The van der Waals surface area contributed by atoms with E-state index in [0.29, 0.717) is 13.2 Å². The third-order valence-electron chi connectivity index (χ3n) is 8.57. The van der Waals surface area contributed by atoms with Gasteiger partial charge in [0.2, 0.25) is 0 Å². The van der Waals surface area contributed by atoms with E-state index in [4.69, 9.17) is 9.47 Å². The summed E-state index contributed by atoms with van der Waals surface area (Å²) in [6.45, 7) is 5.21. The number of ether oxygens (including phenoxy) is 2. The lowest BCUT2D eigenvalue weighted by Crippen LogP contribution is -1.94. The number of benzene rings is 7. The van der Waals surface area contributed by atoms with Gasteiger partial charge in [-0.3, -0.25) is 0 Å². The maximum absolute atomic E-state index is 5.88. The molecule has 0 saturated heterocycles. The zero-order valence-electron chi connectivity index (χ0n) is 30.1. The van der Waals surface area contributed by atoms with Gasteiger partial charge in [0, 0.05) is 0 Å². The van der Waals surface area contributed by atoms with Gasteiger partial charge in [-0.25, -0.2) is 0 Å². The first-order valence-electron chi connectivity index (χ1n) is 17.6. The Morgan fingerprint density at radius 3 is 0.963 bits per heavy atom. The van der Waals surface area contributed by atoms with Crippen molar-refractivity contribution in [3.63, 3.8) is 0 Å². The summed E-state index contributed by atoms with van der Waals surface area (Å²) in [6, 6.07) is 55.1. The molecule has 0 unspecified atom stereocenters. The fourth-order valence-corrected chi connectivity index (χ4v) is 5.66. The van der Waals surface area contributed by atoms with E-state index in [1.165, 1.54) is 0 Å². The van der Waals surface area contributed by atoms with Crippen molar-refractivity contribution in [3.05, 3.63) is 192 Å². The van der Waals surface area contributed by atoms with Crippen molar-refractivity contribution in [3.8, 4) is 22.6 Å². The van der Waals surface area contributed by atoms with Gasteiger partial charge in [0.05, 0.1) is 34.1 Å². The third-order valence-corrected chi connectivity index (χ3v) is 8.57. The van der Waals surface area contributed by atoms with E-state index in [1.807, 2.05) is 158 Å².